The molecule has 2 heterocycles. The van der Waals surface area contributed by atoms with Crippen LogP contribution in [0.25, 0.3) is 11.3 Å². The van der Waals surface area contributed by atoms with E-state index >= 15 is 0 Å². The van der Waals surface area contributed by atoms with Crippen molar-refractivity contribution < 1.29 is 23.1 Å². The van der Waals surface area contributed by atoms with E-state index in [-0.39, 0.29) is 29.3 Å². The van der Waals surface area contributed by atoms with E-state index in [0.717, 1.165) is 12.1 Å². The van der Waals surface area contributed by atoms with Crippen LogP contribution in [0.1, 0.15) is 24.1 Å². The molecule has 11 heteroatoms. The Morgan fingerprint density at radius 3 is 2.61 bits per heavy atom. The molecule has 28 heavy (non-hydrogen) atoms. The van der Waals surface area contributed by atoms with Gasteiger partial charge in [0.25, 0.3) is 0 Å². The summed E-state index contributed by atoms with van der Waals surface area (Å²) in [6.45, 7) is 2.12. The van der Waals surface area contributed by atoms with Crippen molar-refractivity contribution in [1.29, 1.82) is 0 Å². The number of anilines is 1. The largest absolute Gasteiger partial charge is 0.507 e. The maximum absolute atomic E-state index is 12.7. The fraction of sp³-hybridized carbons (Fsp3) is 0.412. The number of carbonyl (C=O) groups is 1. The first-order valence-electron chi connectivity index (χ1n) is 8.56. The Balaban J connectivity index is 1.74. The number of nitrogens with two attached hydrogens (primary N) is 1. The molecule has 8 nitrogen and oxygen atoms in total. The van der Waals surface area contributed by atoms with Crippen molar-refractivity contribution in [3.05, 3.63) is 29.5 Å². The minimum Gasteiger partial charge on any atom is -0.507 e. The van der Waals surface area contributed by atoms with E-state index in [4.69, 9.17) is 5.73 Å². The second-order valence-corrected chi connectivity index (χ2v) is 6.58. The van der Waals surface area contributed by atoms with Crippen molar-refractivity contribution in [3.63, 3.8) is 0 Å². The van der Waals surface area contributed by atoms with Crippen LogP contribution < -0.4 is 16.4 Å². The van der Waals surface area contributed by atoms with Gasteiger partial charge in [-0.05, 0) is 38.0 Å². The number of aromatic nitrogens is 3. The minimum atomic E-state index is -4.55. The molecule has 3 rings (SSSR count). The van der Waals surface area contributed by atoms with Crippen molar-refractivity contribution in [2.24, 2.45) is 5.73 Å². The lowest BCUT2D eigenvalue weighted by Gasteiger charge is -2.28. The van der Waals surface area contributed by atoms with Gasteiger partial charge in [-0.3, -0.25) is 4.79 Å². The number of carbonyl (C=O) groups excluding carboxylic acids is 1. The summed E-state index contributed by atoms with van der Waals surface area (Å²) >= 11 is 0. The zero-order valence-electron chi connectivity index (χ0n) is 14.9. The highest BCUT2D eigenvalue weighted by Crippen LogP contribution is 2.36. The van der Waals surface area contributed by atoms with Gasteiger partial charge in [0.1, 0.15) is 11.4 Å². The summed E-state index contributed by atoms with van der Waals surface area (Å²) in [5.74, 6) is -0.700. The molecular weight excluding hydrogens is 377 g/mol. The highest BCUT2D eigenvalue weighted by molar-refractivity contribution is 5.80. The molecule has 1 aliphatic rings. The van der Waals surface area contributed by atoms with E-state index in [2.05, 4.69) is 25.8 Å². The molecular formula is C17H19F3N6O2. The maximum atomic E-state index is 12.7. The number of rotatable bonds is 4. The molecule has 2 atom stereocenters. The zero-order valence-corrected chi connectivity index (χ0v) is 14.9. The van der Waals surface area contributed by atoms with Crippen LogP contribution in [0, 0.1) is 6.92 Å². The quantitative estimate of drug-likeness (QED) is 0.618. The number of phenols is 1. The summed E-state index contributed by atoms with van der Waals surface area (Å²) in [5.41, 5.74) is 5.00. The first-order valence-corrected chi connectivity index (χ1v) is 8.56. The van der Waals surface area contributed by atoms with Gasteiger partial charge in [-0.25, -0.2) is 4.98 Å². The van der Waals surface area contributed by atoms with Crippen LogP contribution >= 0.6 is 0 Å². The molecule has 0 bridgehead atoms. The van der Waals surface area contributed by atoms with E-state index in [9.17, 15) is 23.1 Å². The molecule has 2 unspecified atom stereocenters. The molecule has 0 saturated carbocycles. The summed E-state index contributed by atoms with van der Waals surface area (Å²) in [5, 5.41) is 24.0. The van der Waals surface area contributed by atoms with Crippen LogP contribution in [0.2, 0.25) is 0 Å². The molecule has 1 aliphatic heterocycles. The molecule has 1 fully saturated rings. The van der Waals surface area contributed by atoms with Gasteiger partial charge >= 0.3 is 6.18 Å². The molecule has 0 aliphatic carbocycles. The Kier molecular flexibility index (Phi) is 5.36. The highest BCUT2D eigenvalue weighted by Gasteiger charge is 2.31. The Morgan fingerprint density at radius 1 is 1.32 bits per heavy atom. The Morgan fingerprint density at radius 2 is 2.07 bits per heavy atom. The molecule has 0 spiro atoms. The molecule has 150 valence electrons. The van der Waals surface area contributed by atoms with Gasteiger partial charge < -0.3 is 21.5 Å². The number of piperidine rings is 1. The fourth-order valence-corrected chi connectivity index (χ4v) is 3.03. The van der Waals surface area contributed by atoms with Gasteiger partial charge in [-0.2, -0.15) is 13.2 Å². The van der Waals surface area contributed by atoms with Crippen LogP contribution in [0.15, 0.2) is 18.2 Å². The van der Waals surface area contributed by atoms with Crippen molar-refractivity contribution in [2.45, 2.75) is 38.0 Å². The maximum Gasteiger partial charge on any atom is 0.416 e. The van der Waals surface area contributed by atoms with Crippen LogP contribution in [-0.2, 0) is 11.0 Å². The summed E-state index contributed by atoms with van der Waals surface area (Å²) in [6.07, 6.45) is -3.29. The highest BCUT2D eigenvalue weighted by atomic mass is 19.4. The third-order valence-electron chi connectivity index (χ3n) is 4.53. The zero-order chi connectivity index (χ0) is 20.5. The average molecular weight is 396 g/mol. The molecule has 1 aromatic heterocycles. The minimum absolute atomic E-state index is 0.0258. The van der Waals surface area contributed by atoms with Crippen LogP contribution in [-0.4, -0.2) is 44.8 Å². The number of benzene rings is 1. The van der Waals surface area contributed by atoms with Gasteiger partial charge in [0.05, 0.1) is 17.3 Å². The molecule has 1 aromatic carbocycles. The number of hydrogen-bond donors (Lipinski definition) is 4. The number of alkyl halides is 3. The smallest absolute Gasteiger partial charge is 0.416 e. The molecule has 0 radical (unpaired) electrons. The van der Waals surface area contributed by atoms with E-state index in [1.165, 1.54) is 0 Å². The topological polar surface area (TPSA) is 126 Å². The molecule has 1 amide bonds. The van der Waals surface area contributed by atoms with Gasteiger partial charge in [-0.1, -0.05) is 0 Å². The number of hydrogen-bond acceptors (Lipinski definition) is 7. The van der Waals surface area contributed by atoms with Gasteiger partial charge in [0, 0.05) is 18.2 Å². The summed E-state index contributed by atoms with van der Waals surface area (Å²) in [6, 6.07) is 2.27. The van der Waals surface area contributed by atoms with E-state index < -0.39 is 23.4 Å². The molecule has 5 N–H and O–H groups in total. The first kappa shape index (κ1) is 19.8. The molecule has 2 aromatic rings. The number of nitrogens with one attached hydrogen (secondary N) is 2. The second-order valence-electron chi connectivity index (χ2n) is 6.58. The second kappa shape index (κ2) is 7.58. The Hall–Kier alpha value is -2.95. The van der Waals surface area contributed by atoms with Crippen LogP contribution in [0.5, 0.6) is 5.75 Å². The van der Waals surface area contributed by atoms with E-state index in [1.54, 1.807) is 6.92 Å². The number of aryl methyl sites for hydroxylation is 1. The van der Waals surface area contributed by atoms with Gasteiger partial charge in [0.15, 0.2) is 0 Å². The number of amides is 1. The van der Waals surface area contributed by atoms with Crippen molar-refractivity contribution in [1.82, 2.24) is 20.5 Å². The lowest BCUT2D eigenvalue weighted by atomic mass is 10.0. The average Bonchev–Trinajstić information content (AvgIpc) is 2.62. The lowest BCUT2D eigenvalue weighted by molar-refractivity contribution is -0.137. The van der Waals surface area contributed by atoms with E-state index in [1.807, 2.05) is 0 Å². The number of aromatic hydroxyl groups is 1. The summed E-state index contributed by atoms with van der Waals surface area (Å²) < 4.78 is 38.2. The SMILES string of the molecule is Cc1nc(NC2CCC(C(N)=O)NC2)nnc1-c1ccc(C(F)(F)F)cc1O. The number of halogens is 3. The monoisotopic (exact) mass is 396 g/mol. The van der Waals surface area contributed by atoms with Crippen molar-refractivity contribution in [3.8, 4) is 17.0 Å². The number of primary amides is 1. The van der Waals surface area contributed by atoms with E-state index in [0.29, 0.717) is 31.1 Å². The van der Waals surface area contributed by atoms with Crippen molar-refractivity contribution >= 4 is 11.9 Å². The summed E-state index contributed by atoms with van der Waals surface area (Å²) in [7, 11) is 0. The van der Waals surface area contributed by atoms with Crippen molar-refractivity contribution in [2.75, 3.05) is 11.9 Å². The lowest BCUT2D eigenvalue weighted by Crippen LogP contribution is -2.50. The molecule has 1 saturated heterocycles. The number of nitrogens with zero attached hydrogens (tertiary/aromatic N) is 3. The fourth-order valence-electron chi connectivity index (χ4n) is 3.03. The van der Waals surface area contributed by atoms with Crippen LogP contribution in [0.3, 0.4) is 0 Å². The van der Waals surface area contributed by atoms with Gasteiger partial charge in [-0.15, -0.1) is 10.2 Å². The Bertz CT molecular complexity index is 882. The third kappa shape index (κ3) is 4.30. The standard InChI is InChI=1S/C17H19F3N6O2/c1-8-14(11-4-2-9(6-13(11)27)17(18,19)20)25-26-16(23-8)24-10-3-5-12(15(21)28)22-7-10/h2,4,6,10,12,22,27H,3,5,7H2,1H3,(H2,21,28)(H,23,24,26). The Labute approximate surface area is 158 Å². The predicted octanol–water partition coefficient (Wildman–Crippen LogP) is 1.59. The number of phenolic OH excluding ortho intramolecular Hbond substituents is 1. The van der Waals surface area contributed by atoms with Crippen LogP contribution in [0.4, 0.5) is 19.1 Å². The normalized spacial score (nSPS) is 20.0. The van der Waals surface area contributed by atoms with Gasteiger partial charge in [0.2, 0.25) is 11.9 Å². The third-order valence-corrected chi connectivity index (χ3v) is 4.53. The summed E-state index contributed by atoms with van der Waals surface area (Å²) in [4.78, 5) is 15.4. The first-order chi connectivity index (χ1) is 13.1. The predicted molar refractivity (Wildman–Crippen MR) is 94.3 cm³/mol.